The van der Waals surface area contributed by atoms with E-state index < -0.39 is 0 Å². The van der Waals surface area contributed by atoms with E-state index in [1.165, 1.54) is 7.11 Å². The Balaban J connectivity index is 3.35. The molecule has 0 heterocycles. The van der Waals surface area contributed by atoms with Crippen molar-refractivity contribution in [2.24, 2.45) is 0 Å². The second-order valence-electron chi connectivity index (χ2n) is 0.824. The summed E-state index contributed by atoms with van der Waals surface area (Å²) in [6.45, 7) is 0. The fraction of sp³-hybridized carbons (Fsp3) is 0.667. The average molecular weight is 232 g/mol. The second-order valence-corrected chi connectivity index (χ2v) is 3.88. The first-order valence-electron chi connectivity index (χ1n) is 1.54. The molecular weight excluding hydrogens is 228 g/mol. The Labute approximate surface area is 58.5 Å². The molecule has 4 heteroatoms. The minimum absolute atomic E-state index is 0.319. The normalized spacial score (nSPS) is 9.14. The lowest BCUT2D eigenvalue weighted by molar-refractivity contribution is -0.137. The van der Waals surface area contributed by atoms with Gasteiger partial charge in [-0.1, -0.05) is 31.9 Å². The zero-order valence-corrected chi connectivity index (χ0v) is 6.82. The van der Waals surface area contributed by atoms with Crippen LogP contribution in [0.5, 0.6) is 0 Å². The summed E-state index contributed by atoms with van der Waals surface area (Å²) in [5, 5.41) is 0. The number of hydrogen-bond donors (Lipinski definition) is 0. The second kappa shape index (κ2) is 3.43. The molecule has 0 amide bonds. The summed E-state index contributed by atoms with van der Waals surface area (Å²) in [6.07, 6.45) is 0. The molecule has 0 N–H and O–H groups in total. The van der Waals surface area contributed by atoms with Crippen LogP contribution in [-0.4, -0.2) is 16.8 Å². The van der Waals surface area contributed by atoms with Crippen molar-refractivity contribution in [3.8, 4) is 0 Å². The summed E-state index contributed by atoms with van der Waals surface area (Å²) >= 11 is 5.88. The highest BCUT2D eigenvalue weighted by atomic mass is 79.9. The van der Waals surface area contributed by atoms with Crippen molar-refractivity contribution in [2.45, 2.75) is 3.74 Å². The Morgan fingerprint density at radius 2 is 2.14 bits per heavy atom. The van der Waals surface area contributed by atoms with Crippen molar-refractivity contribution in [3.63, 3.8) is 0 Å². The molecule has 0 unspecified atom stereocenters. The first-order valence-corrected chi connectivity index (χ1v) is 3.37. The molecule has 0 rings (SSSR count). The molecule has 0 fully saturated rings. The molecule has 0 aliphatic rings. The van der Waals surface area contributed by atoms with Gasteiger partial charge in [-0.25, -0.2) is 4.79 Å². The number of rotatable bonds is 1. The van der Waals surface area contributed by atoms with Crippen LogP contribution in [0, 0.1) is 0 Å². The van der Waals surface area contributed by atoms with Crippen LogP contribution in [0.2, 0.25) is 0 Å². The van der Waals surface area contributed by atoms with Gasteiger partial charge in [-0.3, -0.25) is 0 Å². The molecule has 0 spiro atoms. The van der Waals surface area contributed by atoms with Gasteiger partial charge in [0, 0.05) is 0 Å². The van der Waals surface area contributed by atoms with Gasteiger partial charge in [-0.05, 0) is 0 Å². The fourth-order valence-corrected chi connectivity index (χ4v) is 0.463. The van der Waals surface area contributed by atoms with E-state index in [2.05, 4.69) is 36.6 Å². The highest BCUT2D eigenvalue weighted by molar-refractivity contribution is 9.25. The van der Waals surface area contributed by atoms with E-state index in [0.29, 0.717) is 0 Å². The number of carbonyl (C=O) groups is 1. The van der Waals surface area contributed by atoms with Crippen molar-refractivity contribution >= 4 is 37.8 Å². The van der Waals surface area contributed by atoms with Crippen LogP contribution < -0.4 is 0 Å². The van der Waals surface area contributed by atoms with Gasteiger partial charge in [-0.2, -0.15) is 0 Å². The van der Waals surface area contributed by atoms with Crippen LogP contribution in [-0.2, 0) is 9.53 Å². The lowest BCUT2D eigenvalue weighted by atomic mass is 10.8. The quantitative estimate of drug-likeness (QED) is 0.502. The van der Waals surface area contributed by atoms with Crippen molar-refractivity contribution in [2.75, 3.05) is 7.11 Å². The van der Waals surface area contributed by atoms with Gasteiger partial charge < -0.3 is 4.74 Å². The lowest BCUT2D eigenvalue weighted by Crippen LogP contribution is -2.07. The third-order valence-corrected chi connectivity index (χ3v) is 1.13. The van der Waals surface area contributed by atoms with Crippen LogP contribution in [0.4, 0.5) is 0 Å². The van der Waals surface area contributed by atoms with E-state index in [4.69, 9.17) is 0 Å². The molecule has 0 aromatic rings. The van der Waals surface area contributed by atoms with Gasteiger partial charge >= 0.3 is 5.97 Å². The van der Waals surface area contributed by atoms with Gasteiger partial charge in [0.1, 0.15) is 0 Å². The fourth-order valence-electron chi connectivity index (χ4n) is 0.0891. The minimum atomic E-state index is -0.370. The average Bonchev–Trinajstić information content (AvgIpc) is 1.65. The van der Waals surface area contributed by atoms with Crippen molar-refractivity contribution in [1.29, 1.82) is 0 Å². The Morgan fingerprint density at radius 3 is 2.14 bits per heavy atom. The van der Waals surface area contributed by atoms with Crippen LogP contribution in [0.1, 0.15) is 0 Å². The van der Waals surface area contributed by atoms with E-state index in [1.54, 1.807) is 0 Å². The van der Waals surface area contributed by atoms with Crippen molar-refractivity contribution in [3.05, 3.63) is 0 Å². The highest BCUT2D eigenvalue weighted by Crippen LogP contribution is 2.08. The predicted molar refractivity (Wildman–Crippen MR) is 33.7 cm³/mol. The monoisotopic (exact) mass is 230 g/mol. The number of ether oxygens (including phenoxy) is 1. The lowest BCUT2D eigenvalue weighted by Gasteiger charge is -1.94. The van der Waals surface area contributed by atoms with E-state index in [1.807, 2.05) is 0 Å². The van der Waals surface area contributed by atoms with E-state index in [-0.39, 0.29) is 9.71 Å². The largest absolute Gasteiger partial charge is 0.468 e. The third-order valence-electron chi connectivity index (χ3n) is 0.379. The van der Waals surface area contributed by atoms with E-state index >= 15 is 0 Å². The first kappa shape index (κ1) is 7.43. The van der Waals surface area contributed by atoms with Gasteiger partial charge in [0.05, 0.1) is 7.11 Å². The molecule has 0 bridgehead atoms. The maximum Gasteiger partial charge on any atom is 0.330 e. The predicted octanol–water partition coefficient (Wildman–Crippen LogP) is 1.28. The summed E-state index contributed by atoms with van der Waals surface area (Å²) in [4.78, 5) is 10.2. The number of esters is 1. The standard InChI is InChI=1S/C3H4Br2O2/c1-7-3(6)2(4)5/h2H,1H3. The van der Waals surface area contributed by atoms with Crippen LogP contribution in [0.3, 0.4) is 0 Å². The minimum Gasteiger partial charge on any atom is -0.468 e. The van der Waals surface area contributed by atoms with Gasteiger partial charge in [0.15, 0.2) is 3.74 Å². The van der Waals surface area contributed by atoms with Crippen molar-refractivity contribution in [1.82, 2.24) is 0 Å². The van der Waals surface area contributed by atoms with E-state index in [0.717, 1.165) is 0 Å². The maximum atomic E-state index is 10.2. The number of methoxy groups -OCH3 is 1. The molecule has 2 nitrogen and oxygen atoms in total. The molecule has 0 atom stereocenters. The highest BCUT2D eigenvalue weighted by Gasteiger charge is 2.07. The van der Waals surface area contributed by atoms with Crippen LogP contribution >= 0.6 is 31.9 Å². The third kappa shape index (κ3) is 3.05. The number of carbonyl (C=O) groups excluding carboxylic acids is 1. The van der Waals surface area contributed by atoms with Crippen LogP contribution in [0.15, 0.2) is 0 Å². The molecular formula is C3H4Br2O2. The molecule has 0 aromatic carbocycles. The Hall–Kier alpha value is 0.430. The summed E-state index contributed by atoms with van der Waals surface area (Å²) in [5.74, 6) is -0.319. The number of alkyl halides is 2. The zero-order chi connectivity index (χ0) is 5.86. The topological polar surface area (TPSA) is 26.3 Å². The summed E-state index contributed by atoms with van der Waals surface area (Å²) < 4.78 is 3.91. The van der Waals surface area contributed by atoms with Gasteiger partial charge in [-0.15, -0.1) is 0 Å². The van der Waals surface area contributed by atoms with Gasteiger partial charge in [0.25, 0.3) is 0 Å². The summed E-state index contributed by atoms with van der Waals surface area (Å²) in [7, 11) is 1.33. The van der Waals surface area contributed by atoms with Gasteiger partial charge in [0.2, 0.25) is 0 Å². The molecule has 42 valence electrons. The SMILES string of the molecule is COC(=O)C(Br)Br. The molecule has 0 saturated heterocycles. The smallest absolute Gasteiger partial charge is 0.330 e. The molecule has 0 radical (unpaired) electrons. The summed E-state index contributed by atoms with van der Waals surface area (Å²) in [6, 6.07) is 0. The van der Waals surface area contributed by atoms with Crippen LogP contribution in [0.25, 0.3) is 0 Å². The zero-order valence-electron chi connectivity index (χ0n) is 3.65. The Bertz CT molecular complexity index is 71.3. The Morgan fingerprint density at radius 1 is 1.71 bits per heavy atom. The molecule has 0 aromatic heterocycles. The van der Waals surface area contributed by atoms with Crippen molar-refractivity contribution < 1.29 is 9.53 Å². The molecule has 0 saturated carbocycles. The number of hydrogen-bond acceptors (Lipinski definition) is 2. The molecule has 7 heavy (non-hydrogen) atoms. The molecule has 0 aliphatic carbocycles. The van der Waals surface area contributed by atoms with E-state index in [9.17, 15) is 4.79 Å². The maximum absolute atomic E-state index is 10.2. The summed E-state index contributed by atoms with van der Waals surface area (Å²) in [5.41, 5.74) is 0. The first-order chi connectivity index (χ1) is 3.18. The number of halogens is 2. The molecule has 0 aliphatic heterocycles. The Kier molecular flexibility index (Phi) is 3.65.